The molecule has 4 aliphatic heterocycles. The van der Waals surface area contributed by atoms with Crippen LogP contribution in [0.1, 0.15) is 64.2 Å². The van der Waals surface area contributed by atoms with E-state index in [0.29, 0.717) is 32.2 Å². The summed E-state index contributed by atoms with van der Waals surface area (Å²) in [7, 11) is 0. The van der Waals surface area contributed by atoms with Crippen molar-refractivity contribution in [2.24, 2.45) is 17.8 Å². The van der Waals surface area contributed by atoms with Crippen molar-refractivity contribution in [3.05, 3.63) is 0 Å². The zero-order valence-corrected chi connectivity index (χ0v) is 19.9. The number of nitrogens with one attached hydrogen (secondary N) is 3. The minimum Gasteiger partial charge on any atom is -0.377 e. The lowest BCUT2D eigenvalue weighted by Gasteiger charge is -2.46. The molecule has 6 bridgehead atoms. The van der Waals surface area contributed by atoms with E-state index in [1.54, 1.807) is 0 Å². The number of halogens is 7. The lowest BCUT2D eigenvalue weighted by Crippen LogP contribution is -2.66. The van der Waals surface area contributed by atoms with Crippen LogP contribution in [0.4, 0.5) is 30.7 Å². The molecule has 5 fully saturated rings. The molecule has 0 aromatic carbocycles. The molecule has 0 aromatic rings. The van der Waals surface area contributed by atoms with E-state index in [1.165, 1.54) is 0 Å². The molecule has 0 spiro atoms. The van der Waals surface area contributed by atoms with Crippen LogP contribution in [-0.4, -0.2) is 71.4 Å². The number of aliphatic hydroxyl groups is 1. The number of hydrazine groups is 1. The van der Waals surface area contributed by atoms with Crippen molar-refractivity contribution in [3.8, 4) is 0 Å². The van der Waals surface area contributed by atoms with Gasteiger partial charge >= 0.3 is 12.4 Å². The Hall–Kier alpha value is -0.730. The van der Waals surface area contributed by atoms with Gasteiger partial charge in [0, 0.05) is 18.0 Å². The van der Waals surface area contributed by atoms with Crippen molar-refractivity contribution < 1.29 is 40.6 Å². The molecule has 9 unspecified atom stereocenters. The normalized spacial score (nSPS) is 47.2. The number of nitrogens with zero attached hydrogens (tertiary/aromatic N) is 1. The van der Waals surface area contributed by atoms with Crippen LogP contribution in [0.5, 0.6) is 0 Å². The third kappa shape index (κ3) is 4.76. The minimum absolute atomic E-state index is 0.0208. The molecular weight excluding hydrogens is 497 g/mol. The summed E-state index contributed by atoms with van der Waals surface area (Å²) in [6.07, 6.45) is -12.2. The van der Waals surface area contributed by atoms with E-state index >= 15 is 0 Å². The summed E-state index contributed by atoms with van der Waals surface area (Å²) in [5.74, 6) is -3.51. The second-order valence-electron chi connectivity index (χ2n) is 11.3. The molecule has 0 radical (unpaired) electrons. The molecule has 1 saturated carbocycles. The van der Waals surface area contributed by atoms with Crippen LogP contribution in [0.3, 0.4) is 0 Å². The van der Waals surface area contributed by atoms with Crippen LogP contribution in [0, 0.1) is 17.8 Å². The maximum Gasteiger partial charge on any atom is 0.421 e. The van der Waals surface area contributed by atoms with E-state index in [9.17, 15) is 35.8 Å². The summed E-state index contributed by atoms with van der Waals surface area (Å²) in [6.45, 7) is 0.518. The molecule has 208 valence electrons. The van der Waals surface area contributed by atoms with Gasteiger partial charge in [0.15, 0.2) is 6.23 Å². The molecule has 0 amide bonds. The van der Waals surface area contributed by atoms with Crippen LogP contribution in [-0.2, 0) is 4.74 Å². The summed E-state index contributed by atoms with van der Waals surface area (Å²) in [5.41, 5.74) is 1.48. The monoisotopic (exact) mass is 532 g/mol. The first-order chi connectivity index (χ1) is 16.9. The summed E-state index contributed by atoms with van der Waals surface area (Å²) in [5, 5.41) is 14.1. The Kier molecular flexibility index (Phi) is 7.30. The first kappa shape index (κ1) is 26.9. The average molecular weight is 533 g/mol. The van der Waals surface area contributed by atoms with Gasteiger partial charge in [-0.15, -0.1) is 0 Å². The second-order valence-corrected chi connectivity index (χ2v) is 11.3. The lowest BCUT2D eigenvalue weighted by atomic mass is 9.69. The van der Waals surface area contributed by atoms with Gasteiger partial charge in [0.1, 0.15) is 12.4 Å². The number of fused-ring (bicyclic) bond motifs is 9. The standard InChI is InChI=1S/C23H35F7N4O2/c24-16-8-6-12-3-1-4-13-5-2-10-34(13)18-14(22(25,26)27)7-9-17(31-18)19-32-33-20(36-19)21(35,15(16)11-12)23(28,29)30/h12-20,31-33,35H,1-11H2/t12?,13-,14?,15?,16?,17?,18?,19?,20?,21?/m0/s1. The molecule has 4 N–H and O–H groups in total. The van der Waals surface area contributed by atoms with E-state index in [1.807, 2.05) is 4.90 Å². The van der Waals surface area contributed by atoms with Crippen molar-refractivity contribution in [1.29, 1.82) is 0 Å². The van der Waals surface area contributed by atoms with Gasteiger partial charge in [-0.1, -0.05) is 12.8 Å². The zero-order valence-electron chi connectivity index (χ0n) is 19.9. The van der Waals surface area contributed by atoms with Crippen molar-refractivity contribution in [1.82, 2.24) is 21.1 Å². The van der Waals surface area contributed by atoms with Crippen LogP contribution in [0.15, 0.2) is 0 Å². The number of hydrogen-bond acceptors (Lipinski definition) is 6. The zero-order chi connectivity index (χ0) is 25.9. The van der Waals surface area contributed by atoms with E-state index in [4.69, 9.17) is 4.74 Å². The summed E-state index contributed by atoms with van der Waals surface area (Å²) in [6, 6.07) is -0.782. The van der Waals surface area contributed by atoms with Gasteiger partial charge in [0.25, 0.3) is 0 Å². The van der Waals surface area contributed by atoms with Crippen LogP contribution in [0.25, 0.3) is 0 Å². The second kappa shape index (κ2) is 9.78. The maximum atomic E-state index is 15.0. The predicted molar refractivity (Wildman–Crippen MR) is 115 cm³/mol. The first-order valence-electron chi connectivity index (χ1n) is 13.1. The topological polar surface area (TPSA) is 68.8 Å². The Balaban J connectivity index is 1.48. The lowest BCUT2D eigenvalue weighted by molar-refractivity contribution is -0.326. The van der Waals surface area contributed by atoms with Crippen LogP contribution in [0.2, 0.25) is 0 Å². The third-order valence-electron chi connectivity index (χ3n) is 9.20. The Labute approximate surface area is 205 Å². The largest absolute Gasteiger partial charge is 0.421 e. The third-order valence-corrected chi connectivity index (χ3v) is 9.20. The maximum absolute atomic E-state index is 15.0. The minimum atomic E-state index is -5.18. The quantitative estimate of drug-likeness (QED) is 0.357. The van der Waals surface area contributed by atoms with Gasteiger partial charge in [-0.05, 0) is 63.8 Å². The molecule has 5 aliphatic rings. The van der Waals surface area contributed by atoms with Gasteiger partial charge in [-0.2, -0.15) is 26.3 Å². The number of piperidine rings is 1. The molecule has 4 saturated heterocycles. The Morgan fingerprint density at radius 3 is 2.36 bits per heavy atom. The van der Waals surface area contributed by atoms with E-state index in [2.05, 4.69) is 16.2 Å². The SMILES string of the molecule is OC1(C(F)(F)F)C2NNC(O2)C2CCC(C(F)(F)F)C(N2)N2CCC[C@@H]2CCCC2CCC(F)C1C2. The highest BCUT2D eigenvalue weighted by atomic mass is 19.4. The van der Waals surface area contributed by atoms with E-state index in [0.717, 1.165) is 12.8 Å². The van der Waals surface area contributed by atoms with Crippen molar-refractivity contribution in [2.75, 3.05) is 6.54 Å². The molecule has 36 heavy (non-hydrogen) atoms. The highest BCUT2D eigenvalue weighted by molar-refractivity contribution is 5.06. The molecule has 13 heteroatoms. The highest BCUT2D eigenvalue weighted by Gasteiger charge is 2.68. The van der Waals surface area contributed by atoms with Crippen LogP contribution < -0.4 is 16.2 Å². The fraction of sp³-hybridized carbons (Fsp3) is 1.00. The summed E-state index contributed by atoms with van der Waals surface area (Å²) >= 11 is 0. The predicted octanol–water partition coefficient (Wildman–Crippen LogP) is 3.72. The van der Waals surface area contributed by atoms with Crippen LogP contribution >= 0.6 is 0 Å². The number of hydrogen-bond donors (Lipinski definition) is 4. The smallest absolute Gasteiger partial charge is 0.377 e. The molecule has 1 aliphatic carbocycles. The van der Waals surface area contributed by atoms with Crippen molar-refractivity contribution in [3.63, 3.8) is 0 Å². The summed E-state index contributed by atoms with van der Waals surface area (Å²) in [4.78, 5) is 1.89. The fourth-order valence-corrected chi connectivity index (χ4v) is 7.29. The highest BCUT2D eigenvalue weighted by Crippen LogP contribution is 2.49. The first-order valence-corrected chi connectivity index (χ1v) is 13.1. The Morgan fingerprint density at radius 2 is 1.64 bits per heavy atom. The molecular formula is C23H35F7N4O2. The number of ether oxygens (including phenoxy) is 1. The van der Waals surface area contributed by atoms with Crippen molar-refractivity contribution in [2.45, 2.75) is 119 Å². The van der Waals surface area contributed by atoms with Gasteiger partial charge in [0.2, 0.25) is 5.60 Å². The van der Waals surface area contributed by atoms with E-state index < -0.39 is 60.6 Å². The number of rotatable bonds is 0. The molecule has 6 nitrogen and oxygen atoms in total. The molecule has 0 aromatic heterocycles. The Morgan fingerprint density at radius 1 is 0.889 bits per heavy atom. The number of alkyl halides is 7. The summed E-state index contributed by atoms with van der Waals surface area (Å²) < 4.78 is 106. The van der Waals surface area contributed by atoms with Crippen molar-refractivity contribution >= 4 is 0 Å². The molecule has 5 rings (SSSR count). The Bertz CT molecular complexity index is 787. The van der Waals surface area contributed by atoms with Gasteiger partial charge in [0.05, 0.1) is 12.1 Å². The van der Waals surface area contributed by atoms with E-state index in [-0.39, 0.29) is 37.6 Å². The fourth-order valence-electron chi connectivity index (χ4n) is 7.29. The average Bonchev–Trinajstić information content (AvgIpc) is 3.47. The molecule has 4 heterocycles. The molecule has 10 atom stereocenters. The van der Waals surface area contributed by atoms with Gasteiger partial charge < -0.3 is 9.84 Å². The van der Waals surface area contributed by atoms with Gasteiger partial charge in [-0.25, -0.2) is 15.2 Å². The van der Waals surface area contributed by atoms with Gasteiger partial charge in [-0.3, -0.25) is 10.2 Å².